The lowest BCUT2D eigenvalue weighted by Crippen LogP contribution is -1.98. The van der Waals surface area contributed by atoms with E-state index in [0.717, 1.165) is 10.9 Å². The van der Waals surface area contributed by atoms with Gasteiger partial charge in [-0.2, -0.15) is 5.10 Å². The Balaban J connectivity index is 2.31. The summed E-state index contributed by atoms with van der Waals surface area (Å²) in [5, 5.41) is 4.92. The Kier molecular flexibility index (Phi) is 2.16. The molecule has 18 heavy (non-hydrogen) atoms. The molecule has 92 valence electrons. The van der Waals surface area contributed by atoms with Crippen LogP contribution in [0.2, 0.25) is 0 Å². The Labute approximate surface area is 103 Å². The standard InChI is InChI=1S/C13H13FN4/c1-17-4-3-8-5-11(14)9(6-12(8)17)10-7-16-18(2)13(10)15/h3-7H,15H2,1-2H3. The Bertz CT molecular complexity index is 739. The summed E-state index contributed by atoms with van der Waals surface area (Å²) in [4.78, 5) is 0. The molecule has 0 fully saturated rings. The predicted molar refractivity (Wildman–Crippen MR) is 69.5 cm³/mol. The van der Waals surface area contributed by atoms with E-state index in [9.17, 15) is 4.39 Å². The Hall–Kier alpha value is -2.30. The first-order valence-corrected chi connectivity index (χ1v) is 5.60. The molecule has 0 atom stereocenters. The lowest BCUT2D eigenvalue weighted by Gasteiger charge is -2.05. The molecule has 0 aliphatic rings. The molecule has 3 aromatic rings. The minimum Gasteiger partial charge on any atom is -0.383 e. The number of aryl methyl sites for hydroxylation is 2. The van der Waals surface area contributed by atoms with Crippen LogP contribution in [0.25, 0.3) is 22.0 Å². The van der Waals surface area contributed by atoms with Crippen LogP contribution in [0.4, 0.5) is 10.2 Å². The van der Waals surface area contributed by atoms with E-state index in [4.69, 9.17) is 5.73 Å². The average molecular weight is 244 g/mol. The first-order valence-electron chi connectivity index (χ1n) is 5.60. The van der Waals surface area contributed by atoms with E-state index in [1.54, 1.807) is 19.3 Å². The summed E-state index contributed by atoms with van der Waals surface area (Å²) >= 11 is 0. The summed E-state index contributed by atoms with van der Waals surface area (Å²) in [5.41, 5.74) is 7.96. The molecule has 0 radical (unpaired) electrons. The normalized spacial score (nSPS) is 11.3. The maximum atomic E-state index is 14.1. The summed E-state index contributed by atoms with van der Waals surface area (Å²) in [5.74, 6) is 0.177. The fourth-order valence-electron chi connectivity index (χ4n) is 2.15. The minimum absolute atomic E-state index is 0.284. The van der Waals surface area contributed by atoms with Crippen molar-refractivity contribution in [1.29, 1.82) is 0 Å². The van der Waals surface area contributed by atoms with Gasteiger partial charge in [-0.3, -0.25) is 4.68 Å². The Morgan fingerprint density at radius 3 is 2.67 bits per heavy atom. The maximum Gasteiger partial charge on any atom is 0.131 e. The van der Waals surface area contributed by atoms with Crippen molar-refractivity contribution in [3.63, 3.8) is 0 Å². The van der Waals surface area contributed by atoms with E-state index < -0.39 is 0 Å². The maximum absolute atomic E-state index is 14.1. The van der Waals surface area contributed by atoms with Crippen LogP contribution in [0.5, 0.6) is 0 Å². The zero-order valence-corrected chi connectivity index (χ0v) is 10.2. The molecule has 2 heterocycles. The van der Waals surface area contributed by atoms with Crippen LogP contribution in [-0.4, -0.2) is 14.3 Å². The molecule has 0 aliphatic carbocycles. The number of nitrogens with two attached hydrogens (primary N) is 1. The van der Waals surface area contributed by atoms with Crippen molar-refractivity contribution in [2.75, 3.05) is 5.73 Å². The number of benzene rings is 1. The Morgan fingerprint density at radius 1 is 1.22 bits per heavy atom. The number of nitrogens with zero attached hydrogens (tertiary/aromatic N) is 3. The van der Waals surface area contributed by atoms with Gasteiger partial charge in [0.15, 0.2) is 0 Å². The third-order valence-corrected chi connectivity index (χ3v) is 3.25. The van der Waals surface area contributed by atoms with Crippen molar-refractivity contribution in [2.24, 2.45) is 14.1 Å². The van der Waals surface area contributed by atoms with Gasteiger partial charge in [-0.1, -0.05) is 0 Å². The molecule has 0 saturated heterocycles. The van der Waals surface area contributed by atoms with Crippen molar-refractivity contribution in [2.45, 2.75) is 0 Å². The van der Waals surface area contributed by atoms with Crippen molar-refractivity contribution >= 4 is 16.7 Å². The van der Waals surface area contributed by atoms with Crippen molar-refractivity contribution in [3.8, 4) is 11.1 Å². The van der Waals surface area contributed by atoms with Crippen molar-refractivity contribution in [3.05, 3.63) is 36.4 Å². The molecular formula is C13H13FN4. The first kappa shape index (κ1) is 10.8. The highest BCUT2D eigenvalue weighted by Gasteiger charge is 2.14. The zero-order valence-electron chi connectivity index (χ0n) is 10.2. The fourth-order valence-corrected chi connectivity index (χ4v) is 2.15. The van der Waals surface area contributed by atoms with E-state index in [1.165, 1.54) is 10.7 Å². The number of aromatic nitrogens is 3. The molecule has 0 aliphatic heterocycles. The molecule has 0 amide bonds. The number of hydrogen-bond acceptors (Lipinski definition) is 2. The lowest BCUT2D eigenvalue weighted by molar-refractivity contribution is 0.633. The molecule has 2 N–H and O–H groups in total. The van der Waals surface area contributed by atoms with Crippen molar-refractivity contribution in [1.82, 2.24) is 14.3 Å². The van der Waals surface area contributed by atoms with Gasteiger partial charge in [0.25, 0.3) is 0 Å². The van der Waals surface area contributed by atoms with Crippen LogP contribution in [0.15, 0.2) is 30.6 Å². The van der Waals surface area contributed by atoms with E-state index in [1.807, 2.05) is 23.9 Å². The summed E-state index contributed by atoms with van der Waals surface area (Å²) in [7, 11) is 3.66. The van der Waals surface area contributed by atoms with Crippen molar-refractivity contribution < 1.29 is 4.39 Å². The molecule has 2 aromatic heterocycles. The van der Waals surface area contributed by atoms with Gasteiger partial charge >= 0.3 is 0 Å². The van der Waals surface area contributed by atoms with Crippen LogP contribution in [0.1, 0.15) is 0 Å². The van der Waals surface area contributed by atoms with E-state index in [-0.39, 0.29) is 5.82 Å². The molecular weight excluding hydrogens is 231 g/mol. The quantitative estimate of drug-likeness (QED) is 0.714. The van der Waals surface area contributed by atoms with Crippen LogP contribution < -0.4 is 5.73 Å². The SMILES string of the molecule is Cn1ncc(-c2cc3c(ccn3C)cc2F)c1N. The summed E-state index contributed by atoms with van der Waals surface area (Å²) < 4.78 is 17.6. The van der Waals surface area contributed by atoms with Gasteiger partial charge < -0.3 is 10.3 Å². The van der Waals surface area contributed by atoms with Gasteiger partial charge in [0.1, 0.15) is 11.6 Å². The van der Waals surface area contributed by atoms with Crippen LogP contribution in [0, 0.1) is 5.82 Å². The topological polar surface area (TPSA) is 48.8 Å². The van der Waals surface area contributed by atoms with Crippen LogP contribution in [0.3, 0.4) is 0 Å². The molecule has 3 rings (SSSR count). The minimum atomic E-state index is -0.284. The molecule has 0 spiro atoms. The van der Waals surface area contributed by atoms with Gasteiger partial charge in [0.05, 0.1) is 6.20 Å². The summed E-state index contributed by atoms with van der Waals surface area (Å²) in [6.45, 7) is 0. The highest BCUT2D eigenvalue weighted by molar-refractivity contribution is 5.87. The van der Waals surface area contributed by atoms with E-state index in [0.29, 0.717) is 16.9 Å². The molecule has 5 heteroatoms. The lowest BCUT2D eigenvalue weighted by atomic mass is 10.1. The highest BCUT2D eigenvalue weighted by atomic mass is 19.1. The predicted octanol–water partition coefficient (Wildman–Crippen LogP) is 2.30. The van der Waals surface area contributed by atoms with Gasteiger partial charge in [0, 0.05) is 42.3 Å². The first-order chi connectivity index (χ1) is 8.58. The summed E-state index contributed by atoms with van der Waals surface area (Å²) in [6, 6.07) is 5.21. The van der Waals surface area contributed by atoms with Gasteiger partial charge in [-0.05, 0) is 18.2 Å². The zero-order chi connectivity index (χ0) is 12.9. The van der Waals surface area contributed by atoms with E-state index in [2.05, 4.69) is 5.10 Å². The largest absolute Gasteiger partial charge is 0.383 e. The molecule has 0 unspecified atom stereocenters. The molecule has 1 aromatic carbocycles. The summed E-state index contributed by atoms with van der Waals surface area (Å²) in [6.07, 6.45) is 3.49. The second-order valence-corrected chi connectivity index (χ2v) is 4.38. The molecule has 0 saturated carbocycles. The number of hydrogen-bond donors (Lipinski definition) is 1. The smallest absolute Gasteiger partial charge is 0.131 e. The van der Waals surface area contributed by atoms with Gasteiger partial charge in [0.2, 0.25) is 0 Å². The third-order valence-electron chi connectivity index (χ3n) is 3.25. The second kappa shape index (κ2) is 3.60. The Morgan fingerprint density at radius 2 is 2.00 bits per heavy atom. The molecule has 4 nitrogen and oxygen atoms in total. The number of fused-ring (bicyclic) bond motifs is 1. The second-order valence-electron chi connectivity index (χ2n) is 4.38. The monoisotopic (exact) mass is 244 g/mol. The fraction of sp³-hybridized carbons (Fsp3) is 0.154. The molecule has 0 bridgehead atoms. The highest BCUT2D eigenvalue weighted by Crippen LogP contribution is 2.31. The average Bonchev–Trinajstić information content (AvgIpc) is 2.85. The van der Waals surface area contributed by atoms with Gasteiger partial charge in [-0.15, -0.1) is 0 Å². The number of rotatable bonds is 1. The van der Waals surface area contributed by atoms with Crippen LogP contribution >= 0.6 is 0 Å². The third kappa shape index (κ3) is 1.40. The number of nitrogen functional groups attached to an aromatic ring is 1. The van der Waals surface area contributed by atoms with Gasteiger partial charge in [-0.25, -0.2) is 4.39 Å². The number of halogens is 1. The number of anilines is 1. The van der Waals surface area contributed by atoms with E-state index >= 15 is 0 Å². The van der Waals surface area contributed by atoms with Crippen LogP contribution in [-0.2, 0) is 14.1 Å².